The average Bonchev–Trinajstić information content (AvgIpc) is 3.68. The number of rotatable bonds is 6. The van der Waals surface area contributed by atoms with E-state index >= 15 is 0 Å². The molecule has 3 atom stereocenters. The van der Waals surface area contributed by atoms with Crippen molar-refractivity contribution in [3.05, 3.63) is 48.4 Å². The van der Waals surface area contributed by atoms with Crippen molar-refractivity contribution in [2.24, 2.45) is 5.92 Å². The zero-order chi connectivity index (χ0) is 26.4. The maximum absolute atomic E-state index is 13.4. The average molecular weight is 534 g/mol. The smallest absolute Gasteiger partial charge is 0.246 e. The fourth-order valence-corrected chi connectivity index (χ4v) is 7.13. The lowest BCUT2D eigenvalue weighted by molar-refractivity contribution is -0.125. The summed E-state index contributed by atoms with van der Waals surface area (Å²) in [6.45, 7) is 3.35. The van der Waals surface area contributed by atoms with Gasteiger partial charge in [-0.3, -0.25) is 4.79 Å². The number of carbonyl (C=O) groups is 1. The molecule has 3 aromatic heterocycles. The standard InChI is InChI=1S/C29H32FN5O2S/c1-17-10-19-13-24(38-27(19)23(11-17)37-2)22-15-35(29-26(22)28(31)32-16-33-29)21-8-9-34(14-21)25(36)5-3-4-18-6-7-20(30)12-18/h3,5,10-11,13,15-16,18,20-21H,4,6-9,12,14H2,1-2H3,(H2,31,32,33)/b5-3+. The Hall–Kier alpha value is -3.46. The molecule has 9 heteroatoms. The van der Waals surface area contributed by atoms with Gasteiger partial charge in [0.15, 0.2) is 0 Å². The van der Waals surface area contributed by atoms with E-state index in [1.165, 1.54) is 6.33 Å². The Kier molecular flexibility index (Phi) is 6.55. The number of benzene rings is 1. The van der Waals surface area contributed by atoms with Gasteiger partial charge in [0.2, 0.25) is 5.91 Å². The Morgan fingerprint density at radius 2 is 2.13 bits per heavy atom. The van der Waals surface area contributed by atoms with E-state index in [1.807, 2.05) is 17.0 Å². The van der Waals surface area contributed by atoms with Crippen molar-refractivity contribution in [3.8, 4) is 16.2 Å². The minimum absolute atomic E-state index is 0.0140. The molecule has 1 saturated carbocycles. The van der Waals surface area contributed by atoms with Gasteiger partial charge in [0, 0.05) is 29.7 Å². The fourth-order valence-electron chi connectivity index (χ4n) is 5.99. The maximum Gasteiger partial charge on any atom is 0.246 e. The topological polar surface area (TPSA) is 86.3 Å². The lowest BCUT2D eigenvalue weighted by atomic mass is 10.0. The van der Waals surface area contributed by atoms with Crippen LogP contribution in [-0.4, -0.2) is 51.7 Å². The van der Waals surface area contributed by atoms with E-state index in [2.05, 4.69) is 39.8 Å². The summed E-state index contributed by atoms with van der Waals surface area (Å²) < 4.78 is 22.3. The molecule has 7 nitrogen and oxygen atoms in total. The number of nitrogens with zero attached hydrogens (tertiary/aromatic N) is 4. The van der Waals surface area contributed by atoms with Crippen LogP contribution in [0.3, 0.4) is 0 Å². The van der Waals surface area contributed by atoms with Crippen molar-refractivity contribution in [2.45, 2.75) is 51.2 Å². The number of hydrogen-bond donors (Lipinski definition) is 1. The highest BCUT2D eigenvalue weighted by molar-refractivity contribution is 7.22. The molecule has 6 rings (SSSR count). The van der Waals surface area contributed by atoms with Crippen molar-refractivity contribution in [3.63, 3.8) is 0 Å². The number of aryl methyl sites for hydroxylation is 1. The van der Waals surface area contributed by atoms with Gasteiger partial charge in [-0.25, -0.2) is 14.4 Å². The molecule has 0 bridgehead atoms. The largest absolute Gasteiger partial charge is 0.495 e. The summed E-state index contributed by atoms with van der Waals surface area (Å²) in [6.07, 6.45) is 10.3. The quantitative estimate of drug-likeness (QED) is 0.304. The molecule has 4 aromatic rings. The van der Waals surface area contributed by atoms with Crippen molar-refractivity contribution in [1.82, 2.24) is 19.4 Å². The number of nitrogen functional groups attached to an aromatic ring is 1. The normalized spacial score (nSPS) is 21.9. The first-order valence-electron chi connectivity index (χ1n) is 13.2. The molecule has 0 spiro atoms. The molecule has 1 amide bonds. The van der Waals surface area contributed by atoms with Crippen molar-refractivity contribution in [2.75, 3.05) is 25.9 Å². The first-order valence-corrected chi connectivity index (χ1v) is 14.0. The molecular weight excluding hydrogens is 501 g/mol. The van der Waals surface area contributed by atoms with Crippen LogP contribution in [0.15, 0.2) is 42.9 Å². The van der Waals surface area contributed by atoms with Gasteiger partial charge >= 0.3 is 0 Å². The van der Waals surface area contributed by atoms with Gasteiger partial charge in [-0.15, -0.1) is 11.3 Å². The number of ether oxygens (including phenoxy) is 1. The Labute approximate surface area is 225 Å². The molecule has 0 radical (unpaired) electrons. The van der Waals surface area contributed by atoms with Crippen LogP contribution in [0, 0.1) is 12.8 Å². The molecule has 1 aromatic carbocycles. The van der Waals surface area contributed by atoms with E-state index in [9.17, 15) is 9.18 Å². The lowest BCUT2D eigenvalue weighted by Gasteiger charge is -2.16. The van der Waals surface area contributed by atoms with Gasteiger partial charge in [0.25, 0.3) is 0 Å². The van der Waals surface area contributed by atoms with Gasteiger partial charge in [-0.05, 0) is 74.1 Å². The number of halogens is 1. The minimum Gasteiger partial charge on any atom is -0.495 e. The van der Waals surface area contributed by atoms with Crippen LogP contribution >= 0.6 is 11.3 Å². The van der Waals surface area contributed by atoms with Crippen LogP contribution in [-0.2, 0) is 4.79 Å². The lowest BCUT2D eigenvalue weighted by Crippen LogP contribution is -2.27. The zero-order valence-electron chi connectivity index (χ0n) is 21.7. The van der Waals surface area contributed by atoms with Crippen LogP contribution in [0.25, 0.3) is 31.6 Å². The highest BCUT2D eigenvalue weighted by Gasteiger charge is 2.29. The maximum atomic E-state index is 13.4. The number of hydrogen-bond acceptors (Lipinski definition) is 6. The number of amides is 1. The SMILES string of the molecule is COc1cc(C)cc2cc(-c3cn(C4CCN(C(=O)/C=C/CC5CCC(F)C5)C4)c4ncnc(N)c34)sc12. The number of fused-ring (bicyclic) bond motifs is 2. The van der Waals surface area contributed by atoms with Crippen molar-refractivity contribution in [1.29, 1.82) is 0 Å². The van der Waals surface area contributed by atoms with Gasteiger partial charge in [0.1, 0.15) is 29.7 Å². The van der Waals surface area contributed by atoms with Crippen LogP contribution in [0.5, 0.6) is 5.75 Å². The van der Waals surface area contributed by atoms with E-state index in [4.69, 9.17) is 10.5 Å². The van der Waals surface area contributed by atoms with E-state index in [0.29, 0.717) is 37.7 Å². The number of alkyl halides is 1. The first-order chi connectivity index (χ1) is 18.4. The van der Waals surface area contributed by atoms with Crippen molar-refractivity contribution < 1.29 is 13.9 Å². The third-order valence-corrected chi connectivity index (χ3v) is 9.12. The summed E-state index contributed by atoms with van der Waals surface area (Å²) >= 11 is 1.67. The summed E-state index contributed by atoms with van der Waals surface area (Å²) in [5.41, 5.74) is 9.31. The minimum atomic E-state index is -0.679. The summed E-state index contributed by atoms with van der Waals surface area (Å²) in [5.74, 6) is 1.67. The number of anilines is 1. The number of likely N-dealkylation sites (tertiary alicyclic amines) is 1. The molecule has 2 N–H and O–H groups in total. The van der Waals surface area contributed by atoms with Crippen molar-refractivity contribution >= 4 is 44.2 Å². The Bertz CT molecular complexity index is 1540. The second-order valence-corrected chi connectivity index (χ2v) is 11.6. The third-order valence-electron chi connectivity index (χ3n) is 7.93. The molecule has 2 aliphatic rings. The Morgan fingerprint density at radius 1 is 1.26 bits per heavy atom. The molecule has 1 aliphatic carbocycles. The number of carbonyl (C=O) groups excluding carboxylic acids is 1. The molecule has 198 valence electrons. The highest BCUT2D eigenvalue weighted by atomic mass is 32.1. The number of aromatic nitrogens is 3. The molecule has 4 heterocycles. The zero-order valence-corrected chi connectivity index (χ0v) is 22.5. The summed E-state index contributed by atoms with van der Waals surface area (Å²) in [6, 6.07) is 6.47. The van der Waals surface area contributed by atoms with Crippen LogP contribution in [0.4, 0.5) is 10.2 Å². The summed E-state index contributed by atoms with van der Waals surface area (Å²) in [7, 11) is 1.70. The molecule has 1 aliphatic heterocycles. The second kappa shape index (κ2) is 10.0. The monoisotopic (exact) mass is 533 g/mol. The van der Waals surface area contributed by atoms with E-state index in [1.54, 1.807) is 24.5 Å². The fraction of sp³-hybridized carbons (Fsp3) is 0.414. The van der Waals surface area contributed by atoms with Crippen LogP contribution in [0.1, 0.15) is 43.7 Å². The predicted molar refractivity (Wildman–Crippen MR) is 150 cm³/mol. The number of thiophene rings is 1. The summed E-state index contributed by atoms with van der Waals surface area (Å²) in [4.78, 5) is 24.7. The molecular formula is C29H32FN5O2S. The van der Waals surface area contributed by atoms with Crippen LogP contribution in [0.2, 0.25) is 0 Å². The number of allylic oxidation sites excluding steroid dienone is 1. The Morgan fingerprint density at radius 3 is 2.92 bits per heavy atom. The number of methoxy groups -OCH3 is 1. The molecule has 1 saturated heterocycles. The highest BCUT2D eigenvalue weighted by Crippen LogP contribution is 2.44. The van der Waals surface area contributed by atoms with E-state index < -0.39 is 6.17 Å². The second-order valence-electron chi connectivity index (χ2n) is 10.5. The molecule has 2 fully saturated rings. The van der Waals surface area contributed by atoms with Crippen LogP contribution < -0.4 is 10.5 Å². The summed E-state index contributed by atoms with van der Waals surface area (Å²) in [5, 5.41) is 1.96. The number of nitrogens with two attached hydrogens (primary N) is 1. The van der Waals surface area contributed by atoms with Gasteiger partial charge in [-0.2, -0.15) is 0 Å². The Balaban J connectivity index is 1.27. The molecule has 3 unspecified atom stereocenters. The third kappa shape index (κ3) is 4.53. The van der Waals surface area contributed by atoms with Gasteiger partial charge in [0.05, 0.1) is 23.2 Å². The van der Waals surface area contributed by atoms with Gasteiger partial charge < -0.3 is 19.9 Å². The van der Waals surface area contributed by atoms with E-state index in [0.717, 1.165) is 62.1 Å². The molecule has 38 heavy (non-hydrogen) atoms. The van der Waals surface area contributed by atoms with Gasteiger partial charge in [-0.1, -0.05) is 12.1 Å². The van der Waals surface area contributed by atoms with E-state index in [-0.39, 0.29) is 11.9 Å². The first kappa shape index (κ1) is 24.9. The predicted octanol–water partition coefficient (Wildman–Crippen LogP) is 6.07.